The highest BCUT2D eigenvalue weighted by atomic mass is 16.5. The van der Waals surface area contributed by atoms with Crippen LogP contribution in [0, 0.1) is 0 Å². The number of rotatable bonds is 8. The van der Waals surface area contributed by atoms with Crippen molar-refractivity contribution >= 4 is 12.0 Å². The average molecular weight is 411 g/mol. The van der Waals surface area contributed by atoms with Gasteiger partial charge in [-0.2, -0.15) is 0 Å². The zero-order valence-electron chi connectivity index (χ0n) is 18.1. The molecule has 1 heterocycles. The van der Waals surface area contributed by atoms with Crippen LogP contribution in [0.15, 0.2) is 36.4 Å². The van der Waals surface area contributed by atoms with E-state index in [4.69, 9.17) is 18.9 Å². The number of amides is 1. The Labute approximate surface area is 178 Å². The van der Waals surface area contributed by atoms with E-state index >= 15 is 0 Å². The number of carbonyl (C=O) groups excluding carboxylic acids is 1. The molecule has 0 saturated heterocycles. The maximum absolute atomic E-state index is 12.8. The van der Waals surface area contributed by atoms with E-state index < -0.39 is 0 Å². The van der Waals surface area contributed by atoms with Gasteiger partial charge in [-0.15, -0.1) is 0 Å². The van der Waals surface area contributed by atoms with Crippen LogP contribution in [0.3, 0.4) is 0 Å². The van der Waals surface area contributed by atoms with Gasteiger partial charge in [0.2, 0.25) is 5.91 Å². The molecule has 2 aromatic rings. The Morgan fingerprint density at radius 2 is 1.53 bits per heavy atom. The third-order valence-corrected chi connectivity index (χ3v) is 4.98. The Kier molecular flexibility index (Phi) is 7.22. The zero-order valence-corrected chi connectivity index (χ0v) is 18.1. The Morgan fingerprint density at radius 3 is 2.10 bits per heavy atom. The van der Waals surface area contributed by atoms with Crippen molar-refractivity contribution in [3.05, 3.63) is 53.1 Å². The molecule has 3 rings (SSSR count). The molecule has 0 aliphatic carbocycles. The van der Waals surface area contributed by atoms with Crippen molar-refractivity contribution in [1.82, 2.24) is 4.90 Å². The molecule has 6 heteroatoms. The minimum atomic E-state index is -0.0331. The molecule has 0 N–H and O–H groups in total. The summed E-state index contributed by atoms with van der Waals surface area (Å²) in [5.74, 6) is 2.83. The highest BCUT2D eigenvalue weighted by Gasteiger charge is 2.22. The van der Waals surface area contributed by atoms with Crippen LogP contribution < -0.4 is 18.9 Å². The van der Waals surface area contributed by atoms with E-state index in [-0.39, 0.29) is 5.91 Å². The van der Waals surface area contributed by atoms with Crippen molar-refractivity contribution in [3.8, 4) is 23.0 Å². The number of hydrogen-bond acceptors (Lipinski definition) is 5. The maximum Gasteiger partial charge on any atom is 0.246 e. The first-order valence-electron chi connectivity index (χ1n) is 10.2. The van der Waals surface area contributed by atoms with Crippen molar-refractivity contribution in [2.24, 2.45) is 0 Å². The molecule has 30 heavy (non-hydrogen) atoms. The van der Waals surface area contributed by atoms with E-state index in [0.29, 0.717) is 37.8 Å². The van der Waals surface area contributed by atoms with Gasteiger partial charge >= 0.3 is 0 Å². The number of benzene rings is 2. The first-order valence-corrected chi connectivity index (χ1v) is 10.2. The van der Waals surface area contributed by atoms with Crippen LogP contribution >= 0.6 is 0 Å². The number of hydrogen-bond donors (Lipinski definition) is 0. The molecular weight excluding hydrogens is 382 g/mol. The SMILES string of the molecule is CCOc1cc2c(cc1OCC)CN(C(=O)/C=C/c1cc(OC)cc(OC)c1)CC2. The van der Waals surface area contributed by atoms with E-state index in [1.54, 1.807) is 32.4 Å². The number of carbonyl (C=O) groups is 1. The van der Waals surface area contributed by atoms with Gasteiger partial charge in [-0.25, -0.2) is 0 Å². The molecular formula is C24H29NO5. The molecule has 0 spiro atoms. The van der Waals surface area contributed by atoms with Gasteiger partial charge in [0.15, 0.2) is 11.5 Å². The van der Waals surface area contributed by atoms with Crippen LogP contribution in [0.5, 0.6) is 23.0 Å². The molecule has 0 radical (unpaired) electrons. The molecule has 0 unspecified atom stereocenters. The summed E-state index contributed by atoms with van der Waals surface area (Å²) >= 11 is 0. The van der Waals surface area contributed by atoms with Crippen molar-refractivity contribution in [2.75, 3.05) is 34.0 Å². The van der Waals surface area contributed by atoms with E-state index in [1.807, 2.05) is 43.0 Å². The monoisotopic (exact) mass is 411 g/mol. The predicted molar refractivity (Wildman–Crippen MR) is 116 cm³/mol. The van der Waals surface area contributed by atoms with Crippen LogP contribution in [0.2, 0.25) is 0 Å². The second-order valence-electron chi connectivity index (χ2n) is 6.92. The second-order valence-corrected chi connectivity index (χ2v) is 6.92. The number of nitrogens with zero attached hydrogens (tertiary/aromatic N) is 1. The van der Waals surface area contributed by atoms with Crippen molar-refractivity contribution in [1.29, 1.82) is 0 Å². The molecule has 1 amide bonds. The lowest BCUT2D eigenvalue weighted by Crippen LogP contribution is -2.34. The third kappa shape index (κ3) is 5.06. The molecule has 1 aliphatic rings. The molecule has 0 atom stereocenters. The number of ether oxygens (including phenoxy) is 4. The van der Waals surface area contributed by atoms with Gasteiger partial charge in [0.25, 0.3) is 0 Å². The summed E-state index contributed by atoms with van der Waals surface area (Å²) in [6.45, 7) is 6.27. The third-order valence-electron chi connectivity index (χ3n) is 4.98. The topological polar surface area (TPSA) is 57.2 Å². The van der Waals surface area contributed by atoms with Gasteiger partial charge in [0.05, 0.1) is 27.4 Å². The van der Waals surface area contributed by atoms with Crippen molar-refractivity contribution < 1.29 is 23.7 Å². The molecule has 1 aliphatic heterocycles. The fraction of sp³-hybridized carbons (Fsp3) is 0.375. The standard InChI is InChI=1S/C24H29NO5/c1-5-29-22-13-18-9-10-25(16-19(18)14-23(22)30-6-2)24(26)8-7-17-11-20(27-3)15-21(12-17)28-4/h7-8,11-15H,5-6,9-10,16H2,1-4H3/b8-7+. The van der Waals surface area contributed by atoms with E-state index in [9.17, 15) is 4.79 Å². The fourth-order valence-corrected chi connectivity index (χ4v) is 3.49. The lowest BCUT2D eigenvalue weighted by atomic mass is 9.98. The van der Waals surface area contributed by atoms with E-state index in [0.717, 1.165) is 29.0 Å². The largest absolute Gasteiger partial charge is 0.497 e. The van der Waals surface area contributed by atoms with Crippen LogP contribution in [-0.2, 0) is 17.8 Å². The summed E-state index contributed by atoms with van der Waals surface area (Å²) < 4.78 is 22.0. The molecule has 160 valence electrons. The Bertz CT molecular complexity index is 900. The average Bonchev–Trinajstić information content (AvgIpc) is 2.77. The molecule has 0 aromatic heterocycles. The summed E-state index contributed by atoms with van der Waals surface area (Å²) in [7, 11) is 3.21. The van der Waals surface area contributed by atoms with Gasteiger partial charge in [0, 0.05) is 25.2 Å². The summed E-state index contributed by atoms with van der Waals surface area (Å²) in [6.07, 6.45) is 4.16. The predicted octanol–water partition coefficient (Wildman–Crippen LogP) is 4.10. The molecule has 6 nitrogen and oxygen atoms in total. The maximum atomic E-state index is 12.8. The van der Waals surface area contributed by atoms with Crippen LogP contribution in [-0.4, -0.2) is 44.8 Å². The molecule has 0 saturated carbocycles. The number of fused-ring (bicyclic) bond motifs is 1. The van der Waals surface area contributed by atoms with Gasteiger partial charge < -0.3 is 23.8 Å². The van der Waals surface area contributed by atoms with Gasteiger partial charge in [-0.1, -0.05) is 0 Å². The molecule has 0 bridgehead atoms. The van der Waals surface area contributed by atoms with Gasteiger partial charge in [-0.3, -0.25) is 4.79 Å². The van der Waals surface area contributed by atoms with E-state index in [1.165, 1.54) is 5.56 Å². The Balaban J connectivity index is 1.75. The van der Waals surface area contributed by atoms with Crippen LogP contribution in [0.1, 0.15) is 30.5 Å². The lowest BCUT2D eigenvalue weighted by Gasteiger charge is -2.29. The lowest BCUT2D eigenvalue weighted by molar-refractivity contribution is -0.126. The minimum absolute atomic E-state index is 0.0331. The smallest absolute Gasteiger partial charge is 0.246 e. The van der Waals surface area contributed by atoms with Gasteiger partial charge in [0.1, 0.15) is 11.5 Å². The normalized spacial score (nSPS) is 13.1. The first-order chi connectivity index (χ1) is 14.6. The molecule has 2 aromatic carbocycles. The fourth-order valence-electron chi connectivity index (χ4n) is 3.49. The second kappa shape index (κ2) is 10.1. The molecule has 0 fully saturated rings. The van der Waals surface area contributed by atoms with Crippen molar-refractivity contribution in [2.45, 2.75) is 26.8 Å². The zero-order chi connectivity index (χ0) is 21.5. The Hall–Kier alpha value is -3.15. The minimum Gasteiger partial charge on any atom is -0.497 e. The number of methoxy groups -OCH3 is 2. The van der Waals surface area contributed by atoms with Gasteiger partial charge in [-0.05, 0) is 67.3 Å². The summed E-state index contributed by atoms with van der Waals surface area (Å²) in [5, 5.41) is 0. The van der Waals surface area contributed by atoms with Crippen LogP contribution in [0.4, 0.5) is 0 Å². The quantitative estimate of drug-likeness (QED) is 0.612. The first kappa shape index (κ1) is 21.6. The van der Waals surface area contributed by atoms with Crippen molar-refractivity contribution in [3.63, 3.8) is 0 Å². The summed E-state index contributed by atoms with van der Waals surface area (Å²) in [4.78, 5) is 14.6. The highest BCUT2D eigenvalue weighted by molar-refractivity contribution is 5.92. The van der Waals surface area contributed by atoms with Crippen LogP contribution in [0.25, 0.3) is 6.08 Å². The Morgan fingerprint density at radius 1 is 0.933 bits per heavy atom. The summed E-state index contributed by atoms with van der Waals surface area (Å²) in [6, 6.07) is 9.57. The van der Waals surface area contributed by atoms with E-state index in [2.05, 4.69) is 0 Å². The summed E-state index contributed by atoms with van der Waals surface area (Å²) in [5.41, 5.74) is 3.14. The highest BCUT2D eigenvalue weighted by Crippen LogP contribution is 2.34.